The standard InChI is InChI=1S/C9H18N2O2/c1-7(2)8-6-11(9(12)13)5-4-10(8)3/h7-8H,4-6H2,1-3H3,(H,12,13). The lowest BCUT2D eigenvalue weighted by molar-refractivity contribution is 0.0656. The summed E-state index contributed by atoms with van der Waals surface area (Å²) in [7, 11) is 2.06. The largest absolute Gasteiger partial charge is 0.465 e. The van der Waals surface area contributed by atoms with Crippen molar-refractivity contribution in [3.8, 4) is 0 Å². The highest BCUT2D eigenvalue weighted by Crippen LogP contribution is 2.15. The second-order valence-electron chi connectivity index (χ2n) is 4.02. The van der Waals surface area contributed by atoms with Gasteiger partial charge in [0, 0.05) is 25.7 Å². The quantitative estimate of drug-likeness (QED) is 0.662. The normalized spacial score (nSPS) is 25.2. The fourth-order valence-electron chi connectivity index (χ4n) is 1.79. The number of carboxylic acid groups (broad SMARTS) is 1. The van der Waals surface area contributed by atoms with E-state index in [2.05, 4.69) is 25.8 Å². The van der Waals surface area contributed by atoms with E-state index in [4.69, 9.17) is 5.11 Å². The highest BCUT2D eigenvalue weighted by Gasteiger charge is 2.28. The Morgan fingerprint density at radius 2 is 2.08 bits per heavy atom. The summed E-state index contributed by atoms with van der Waals surface area (Å²) in [6.07, 6.45) is -0.793. The van der Waals surface area contributed by atoms with Gasteiger partial charge in [-0.3, -0.25) is 4.90 Å². The van der Waals surface area contributed by atoms with Gasteiger partial charge < -0.3 is 10.0 Å². The Morgan fingerprint density at radius 3 is 2.54 bits per heavy atom. The van der Waals surface area contributed by atoms with E-state index in [9.17, 15) is 4.79 Å². The van der Waals surface area contributed by atoms with Gasteiger partial charge in [-0.05, 0) is 13.0 Å². The van der Waals surface area contributed by atoms with Crippen LogP contribution in [-0.2, 0) is 0 Å². The summed E-state index contributed by atoms with van der Waals surface area (Å²) in [6, 6.07) is 0.366. The smallest absolute Gasteiger partial charge is 0.407 e. The van der Waals surface area contributed by atoms with Crippen molar-refractivity contribution in [2.24, 2.45) is 5.92 Å². The van der Waals surface area contributed by atoms with Crippen LogP contribution >= 0.6 is 0 Å². The van der Waals surface area contributed by atoms with Crippen molar-refractivity contribution in [1.82, 2.24) is 9.80 Å². The zero-order chi connectivity index (χ0) is 10.0. The lowest BCUT2D eigenvalue weighted by Crippen LogP contribution is -2.54. The molecule has 0 saturated carbocycles. The monoisotopic (exact) mass is 186 g/mol. The van der Waals surface area contributed by atoms with Crippen molar-refractivity contribution < 1.29 is 9.90 Å². The first-order valence-electron chi connectivity index (χ1n) is 4.70. The molecule has 76 valence electrons. The Bertz CT molecular complexity index is 194. The van der Waals surface area contributed by atoms with Crippen LogP contribution in [0.3, 0.4) is 0 Å². The van der Waals surface area contributed by atoms with Crippen molar-refractivity contribution in [3.63, 3.8) is 0 Å². The summed E-state index contributed by atoms with van der Waals surface area (Å²) in [4.78, 5) is 14.5. The van der Waals surface area contributed by atoms with Crippen LogP contribution in [0.1, 0.15) is 13.8 Å². The van der Waals surface area contributed by atoms with Crippen molar-refractivity contribution in [2.45, 2.75) is 19.9 Å². The summed E-state index contributed by atoms with van der Waals surface area (Å²) in [5.74, 6) is 0.507. The number of likely N-dealkylation sites (N-methyl/N-ethyl adjacent to an activating group) is 1. The average molecular weight is 186 g/mol. The SMILES string of the molecule is CC(C)C1CN(C(=O)O)CCN1C. The van der Waals surface area contributed by atoms with Crippen LogP contribution in [0.25, 0.3) is 0 Å². The molecule has 0 aliphatic carbocycles. The van der Waals surface area contributed by atoms with E-state index in [0.29, 0.717) is 25.0 Å². The molecule has 1 aliphatic rings. The van der Waals surface area contributed by atoms with E-state index in [1.165, 1.54) is 4.90 Å². The molecule has 0 radical (unpaired) electrons. The maximum Gasteiger partial charge on any atom is 0.407 e. The molecule has 1 saturated heterocycles. The summed E-state index contributed by atoms with van der Waals surface area (Å²) in [6.45, 7) is 6.38. The molecule has 0 bridgehead atoms. The molecule has 1 amide bonds. The predicted octanol–water partition coefficient (Wildman–Crippen LogP) is 0.936. The molecule has 13 heavy (non-hydrogen) atoms. The van der Waals surface area contributed by atoms with Crippen LogP contribution in [0.4, 0.5) is 4.79 Å². The number of rotatable bonds is 1. The van der Waals surface area contributed by atoms with Gasteiger partial charge in [-0.25, -0.2) is 4.79 Å². The van der Waals surface area contributed by atoms with Crippen LogP contribution in [-0.4, -0.2) is 53.7 Å². The van der Waals surface area contributed by atoms with E-state index < -0.39 is 6.09 Å². The van der Waals surface area contributed by atoms with E-state index >= 15 is 0 Å². The topological polar surface area (TPSA) is 43.8 Å². The second kappa shape index (κ2) is 3.96. The number of hydrogen-bond acceptors (Lipinski definition) is 2. The van der Waals surface area contributed by atoms with Gasteiger partial charge in [-0.2, -0.15) is 0 Å². The van der Waals surface area contributed by atoms with Gasteiger partial charge in [0.05, 0.1) is 0 Å². The maximum absolute atomic E-state index is 10.7. The van der Waals surface area contributed by atoms with E-state index in [-0.39, 0.29) is 0 Å². The molecule has 0 aromatic carbocycles. The van der Waals surface area contributed by atoms with E-state index in [0.717, 1.165) is 6.54 Å². The molecule has 0 aromatic rings. The Morgan fingerprint density at radius 1 is 1.46 bits per heavy atom. The lowest BCUT2D eigenvalue weighted by Gasteiger charge is -2.40. The first-order valence-corrected chi connectivity index (χ1v) is 4.70. The summed E-state index contributed by atoms with van der Waals surface area (Å²) < 4.78 is 0. The van der Waals surface area contributed by atoms with Gasteiger partial charge in [0.2, 0.25) is 0 Å². The third kappa shape index (κ3) is 2.34. The van der Waals surface area contributed by atoms with Gasteiger partial charge >= 0.3 is 6.09 Å². The van der Waals surface area contributed by atoms with E-state index in [1.807, 2.05) is 0 Å². The molecule has 1 atom stereocenters. The molecular formula is C9H18N2O2. The first-order chi connectivity index (χ1) is 6.02. The molecule has 1 heterocycles. The van der Waals surface area contributed by atoms with Gasteiger partial charge in [-0.1, -0.05) is 13.8 Å². The van der Waals surface area contributed by atoms with Crippen molar-refractivity contribution in [1.29, 1.82) is 0 Å². The molecule has 1 unspecified atom stereocenters. The number of amides is 1. The lowest BCUT2D eigenvalue weighted by atomic mass is 10.0. The fourth-order valence-corrected chi connectivity index (χ4v) is 1.79. The Hall–Kier alpha value is -0.770. The third-order valence-electron chi connectivity index (χ3n) is 2.74. The number of piperazine rings is 1. The van der Waals surface area contributed by atoms with Crippen LogP contribution in [0.2, 0.25) is 0 Å². The third-order valence-corrected chi connectivity index (χ3v) is 2.74. The van der Waals surface area contributed by atoms with Crippen molar-refractivity contribution in [2.75, 3.05) is 26.7 Å². The Labute approximate surface area is 79.1 Å². The molecule has 4 heteroatoms. The van der Waals surface area contributed by atoms with Crippen LogP contribution in [0, 0.1) is 5.92 Å². The molecule has 1 rings (SSSR count). The van der Waals surface area contributed by atoms with Gasteiger partial charge in [0.25, 0.3) is 0 Å². The zero-order valence-corrected chi connectivity index (χ0v) is 8.53. The molecule has 4 nitrogen and oxygen atoms in total. The van der Waals surface area contributed by atoms with Crippen molar-refractivity contribution in [3.05, 3.63) is 0 Å². The predicted molar refractivity (Wildman–Crippen MR) is 50.9 cm³/mol. The minimum atomic E-state index is -0.793. The number of carbonyl (C=O) groups is 1. The minimum Gasteiger partial charge on any atom is -0.465 e. The maximum atomic E-state index is 10.7. The van der Waals surface area contributed by atoms with Crippen LogP contribution in [0.5, 0.6) is 0 Å². The van der Waals surface area contributed by atoms with Crippen LogP contribution < -0.4 is 0 Å². The first kappa shape index (κ1) is 10.3. The molecule has 0 spiro atoms. The summed E-state index contributed by atoms with van der Waals surface area (Å²) in [5, 5.41) is 8.83. The summed E-state index contributed by atoms with van der Waals surface area (Å²) >= 11 is 0. The Kier molecular flexibility index (Phi) is 3.14. The molecular weight excluding hydrogens is 168 g/mol. The molecule has 0 aromatic heterocycles. The van der Waals surface area contributed by atoms with E-state index in [1.54, 1.807) is 0 Å². The zero-order valence-electron chi connectivity index (χ0n) is 8.53. The number of nitrogens with zero attached hydrogens (tertiary/aromatic N) is 2. The second-order valence-corrected chi connectivity index (χ2v) is 4.02. The highest BCUT2D eigenvalue weighted by molar-refractivity contribution is 5.65. The van der Waals surface area contributed by atoms with Crippen LogP contribution in [0.15, 0.2) is 0 Å². The van der Waals surface area contributed by atoms with Crippen molar-refractivity contribution >= 4 is 6.09 Å². The number of hydrogen-bond donors (Lipinski definition) is 1. The summed E-state index contributed by atoms with van der Waals surface area (Å²) in [5.41, 5.74) is 0. The molecule has 1 fully saturated rings. The molecule has 1 N–H and O–H groups in total. The minimum absolute atomic E-state index is 0.366. The Balaban J connectivity index is 2.58. The average Bonchev–Trinajstić information content (AvgIpc) is 2.04. The molecule has 1 aliphatic heterocycles. The van der Waals surface area contributed by atoms with Gasteiger partial charge in [0.15, 0.2) is 0 Å². The van der Waals surface area contributed by atoms with Gasteiger partial charge in [-0.15, -0.1) is 0 Å². The fraction of sp³-hybridized carbons (Fsp3) is 0.889. The van der Waals surface area contributed by atoms with Gasteiger partial charge in [0.1, 0.15) is 0 Å². The highest BCUT2D eigenvalue weighted by atomic mass is 16.4.